The molecule has 1 aromatic carbocycles. The fourth-order valence-electron chi connectivity index (χ4n) is 2.78. The Labute approximate surface area is 105 Å². The smallest absolute Gasteiger partial charge is 0.122 e. The summed E-state index contributed by atoms with van der Waals surface area (Å²) in [5.41, 5.74) is 2.30. The van der Waals surface area contributed by atoms with Gasteiger partial charge in [0.1, 0.15) is 5.75 Å². The molecule has 0 heterocycles. The number of hydrogen-bond donors (Lipinski definition) is 1. The molecule has 1 nitrogen and oxygen atoms in total. The summed E-state index contributed by atoms with van der Waals surface area (Å²) in [6.45, 7) is 6.66. The minimum atomic E-state index is 0.464. The summed E-state index contributed by atoms with van der Waals surface area (Å²) in [5.74, 6) is 2.35. The highest BCUT2D eigenvalue weighted by molar-refractivity contribution is 5.44. The normalized spacial score (nSPS) is 19.0. The van der Waals surface area contributed by atoms with Gasteiger partial charge in [-0.1, -0.05) is 45.4 Å². The van der Waals surface area contributed by atoms with Gasteiger partial charge in [0.15, 0.2) is 0 Å². The topological polar surface area (TPSA) is 20.2 Å². The molecule has 1 aliphatic carbocycles. The number of para-hydroxylation sites is 1. The first-order valence-electron chi connectivity index (χ1n) is 6.96. The van der Waals surface area contributed by atoms with Gasteiger partial charge in [-0.05, 0) is 48.1 Å². The predicted octanol–water partition coefficient (Wildman–Crippen LogP) is 4.81. The molecule has 0 amide bonds. The molecule has 0 aliphatic heterocycles. The summed E-state index contributed by atoms with van der Waals surface area (Å²) >= 11 is 0. The van der Waals surface area contributed by atoms with E-state index in [1.54, 1.807) is 0 Å². The Hall–Kier alpha value is -0.980. The van der Waals surface area contributed by atoms with E-state index >= 15 is 0 Å². The van der Waals surface area contributed by atoms with Crippen molar-refractivity contribution in [2.75, 3.05) is 0 Å². The van der Waals surface area contributed by atoms with Crippen molar-refractivity contribution in [2.24, 2.45) is 5.92 Å². The van der Waals surface area contributed by atoms with Crippen molar-refractivity contribution in [1.82, 2.24) is 0 Å². The van der Waals surface area contributed by atoms with Crippen LogP contribution in [0.1, 0.15) is 69.4 Å². The first-order chi connectivity index (χ1) is 8.15. The van der Waals surface area contributed by atoms with E-state index in [1.807, 2.05) is 0 Å². The molecule has 1 heteroatoms. The second-order valence-corrected chi connectivity index (χ2v) is 5.60. The summed E-state index contributed by atoms with van der Waals surface area (Å²) < 4.78 is 0. The molecule has 2 atom stereocenters. The van der Waals surface area contributed by atoms with Crippen molar-refractivity contribution in [3.8, 4) is 5.75 Å². The zero-order valence-corrected chi connectivity index (χ0v) is 11.2. The number of phenols is 1. The molecule has 2 rings (SSSR count). The zero-order chi connectivity index (χ0) is 12.4. The summed E-state index contributed by atoms with van der Waals surface area (Å²) in [6.07, 6.45) is 4.97. The monoisotopic (exact) mass is 232 g/mol. The zero-order valence-electron chi connectivity index (χ0n) is 11.2. The molecule has 1 aromatic rings. The maximum atomic E-state index is 10.4. The van der Waals surface area contributed by atoms with E-state index in [0.717, 1.165) is 23.5 Å². The van der Waals surface area contributed by atoms with Crippen LogP contribution in [-0.4, -0.2) is 5.11 Å². The van der Waals surface area contributed by atoms with Crippen LogP contribution in [0.4, 0.5) is 0 Å². The third kappa shape index (κ3) is 2.65. The molecule has 0 bridgehead atoms. The Kier molecular flexibility index (Phi) is 3.76. The summed E-state index contributed by atoms with van der Waals surface area (Å²) in [5, 5.41) is 10.4. The molecule has 1 fully saturated rings. The lowest BCUT2D eigenvalue weighted by Gasteiger charge is -2.18. The number of benzene rings is 1. The second kappa shape index (κ2) is 5.12. The number of rotatable bonds is 5. The van der Waals surface area contributed by atoms with E-state index in [4.69, 9.17) is 0 Å². The molecule has 1 N–H and O–H groups in total. The maximum absolute atomic E-state index is 10.4. The number of phenolic OH excluding ortho intramolecular Hbond substituents is 1. The van der Waals surface area contributed by atoms with Crippen molar-refractivity contribution in [3.63, 3.8) is 0 Å². The molecule has 0 aromatic heterocycles. The molecule has 0 spiro atoms. The van der Waals surface area contributed by atoms with Crippen LogP contribution in [-0.2, 0) is 0 Å². The Morgan fingerprint density at radius 2 is 1.88 bits per heavy atom. The average molecular weight is 232 g/mol. The molecule has 94 valence electrons. The minimum absolute atomic E-state index is 0.464. The fourth-order valence-corrected chi connectivity index (χ4v) is 2.78. The highest BCUT2D eigenvalue weighted by atomic mass is 16.3. The van der Waals surface area contributed by atoms with Crippen molar-refractivity contribution in [1.29, 1.82) is 0 Å². The van der Waals surface area contributed by atoms with Crippen LogP contribution in [0, 0.1) is 5.92 Å². The van der Waals surface area contributed by atoms with Gasteiger partial charge < -0.3 is 5.11 Å². The number of hydrogen-bond acceptors (Lipinski definition) is 1. The molecule has 0 saturated heterocycles. The summed E-state index contributed by atoms with van der Waals surface area (Å²) in [7, 11) is 0. The third-order valence-electron chi connectivity index (χ3n) is 4.17. The Morgan fingerprint density at radius 3 is 2.47 bits per heavy atom. The van der Waals surface area contributed by atoms with Gasteiger partial charge in [0, 0.05) is 0 Å². The Morgan fingerprint density at radius 1 is 1.24 bits per heavy atom. The van der Waals surface area contributed by atoms with Crippen LogP contribution < -0.4 is 0 Å². The molecule has 1 unspecified atom stereocenters. The van der Waals surface area contributed by atoms with Crippen LogP contribution in [0.3, 0.4) is 0 Å². The second-order valence-electron chi connectivity index (χ2n) is 5.60. The summed E-state index contributed by atoms with van der Waals surface area (Å²) in [6, 6.07) is 6.29. The summed E-state index contributed by atoms with van der Waals surface area (Å²) in [4.78, 5) is 0. The molecular formula is C16H24O. The van der Waals surface area contributed by atoms with E-state index in [2.05, 4.69) is 39.0 Å². The highest BCUT2D eigenvalue weighted by Gasteiger charge is 2.31. The standard InChI is InChI=1S/C16H24O/c1-4-6-11(2)14-7-5-8-15(16(14)17)12(3)13-9-10-13/h5,7-8,11-13,17H,4,6,9-10H2,1-3H3/t11?,12-/m0/s1. The highest BCUT2D eigenvalue weighted by Crippen LogP contribution is 2.46. The number of aromatic hydroxyl groups is 1. The van der Waals surface area contributed by atoms with E-state index < -0.39 is 0 Å². The molecule has 17 heavy (non-hydrogen) atoms. The van der Waals surface area contributed by atoms with E-state index in [0.29, 0.717) is 17.6 Å². The average Bonchev–Trinajstić information content (AvgIpc) is 3.12. The lowest BCUT2D eigenvalue weighted by molar-refractivity contribution is 0.444. The van der Waals surface area contributed by atoms with Gasteiger partial charge in [0.05, 0.1) is 0 Å². The van der Waals surface area contributed by atoms with Gasteiger partial charge in [0.25, 0.3) is 0 Å². The first-order valence-corrected chi connectivity index (χ1v) is 6.96. The van der Waals surface area contributed by atoms with Crippen LogP contribution in [0.5, 0.6) is 5.75 Å². The van der Waals surface area contributed by atoms with Gasteiger partial charge in [-0.2, -0.15) is 0 Å². The van der Waals surface area contributed by atoms with Crippen molar-refractivity contribution in [2.45, 2.75) is 58.3 Å². The Bertz CT molecular complexity index is 379. The van der Waals surface area contributed by atoms with E-state index in [9.17, 15) is 5.11 Å². The van der Waals surface area contributed by atoms with Crippen molar-refractivity contribution in [3.05, 3.63) is 29.3 Å². The van der Waals surface area contributed by atoms with Crippen molar-refractivity contribution >= 4 is 0 Å². The first kappa shape index (κ1) is 12.5. The Balaban J connectivity index is 2.25. The van der Waals surface area contributed by atoms with Crippen LogP contribution in [0.2, 0.25) is 0 Å². The molecular weight excluding hydrogens is 208 g/mol. The largest absolute Gasteiger partial charge is 0.507 e. The van der Waals surface area contributed by atoms with Crippen LogP contribution in [0.15, 0.2) is 18.2 Å². The SMILES string of the molecule is CCCC(C)c1cccc([C@@H](C)C2CC2)c1O. The van der Waals surface area contributed by atoms with Gasteiger partial charge in [0.2, 0.25) is 0 Å². The van der Waals surface area contributed by atoms with Crippen LogP contribution in [0.25, 0.3) is 0 Å². The molecule has 1 saturated carbocycles. The lowest BCUT2D eigenvalue weighted by atomic mass is 9.88. The van der Waals surface area contributed by atoms with E-state index in [1.165, 1.54) is 19.3 Å². The quantitative estimate of drug-likeness (QED) is 0.772. The molecule has 0 radical (unpaired) electrons. The van der Waals surface area contributed by atoms with Gasteiger partial charge in [-0.25, -0.2) is 0 Å². The van der Waals surface area contributed by atoms with E-state index in [-0.39, 0.29) is 0 Å². The van der Waals surface area contributed by atoms with Gasteiger partial charge in [-0.3, -0.25) is 0 Å². The minimum Gasteiger partial charge on any atom is -0.507 e. The van der Waals surface area contributed by atoms with Gasteiger partial charge >= 0.3 is 0 Å². The maximum Gasteiger partial charge on any atom is 0.122 e. The predicted molar refractivity (Wildman–Crippen MR) is 72.6 cm³/mol. The third-order valence-corrected chi connectivity index (χ3v) is 4.17. The van der Waals surface area contributed by atoms with Gasteiger partial charge in [-0.15, -0.1) is 0 Å². The molecule has 1 aliphatic rings. The van der Waals surface area contributed by atoms with Crippen molar-refractivity contribution < 1.29 is 5.11 Å². The lowest BCUT2D eigenvalue weighted by Crippen LogP contribution is -2.00. The fraction of sp³-hybridized carbons (Fsp3) is 0.625. The van der Waals surface area contributed by atoms with Crippen LogP contribution >= 0.6 is 0 Å².